The van der Waals surface area contributed by atoms with Gasteiger partial charge in [-0.25, -0.2) is 4.79 Å². The Hall–Kier alpha value is -2.82. The quantitative estimate of drug-likeness (QED) is 0.738. The number of nitrogens with one attached hydrogen (secondary N) is 2. The van der Waals surface area contributed by atoms with Crippen LogP contribution < -0.4 is 10.6 Å². The molecule has 2 aromatic carbocycles. The molecule has 154 valence electrons. The van der Waals surface area contributed by atoms with Crippen molar-refractivity contribution in [3.05, 3.63) is 66.2 Å². The van der Waals surface area contributed by atoms with Gasteiger partial charge < -0.3 is 15.5 Å². The Morgan fingerprint density at radius 3 is 2.14 bits per heavy atom. The van der Waals surface area contributed by atoms with Gasteiger partial charge in [-0.3, -0.25) is 4.79 Å². The second-order valence-corrected chi connectivity index (χ2v) is 8.16. The maximum Gasteiger partial charge on any atom is 0.321 e. The summed E-state index contributed by atoms with van der Waals surface area (Å²) in [5, 5.41) is 6.18. The molecule has 29 heavy (non-hydrogen) atoms. The maximum absolute atomic E-state index is 12.9. The molecule has 1 heterocycles. The van der Waals surface area contributed by atoms with E-state index in [0.717, 1.165) is 17.7 Å². The number of urea groups is 1. The third-order valence-corrected chi connectivity index (χ3v) is 5.40. The Morgan fingerprint density at radius 1 is 0.966 bits per heavy atom. The number of benzene rings is 2. The number of carbonyl (C=O) groups excluding carboxylic acids is 2. The molecule has 1 unspecified atom stereocenters. The van der Waals surface area contributed by atoms with Crippen molar-refractivity contribution in [1.82, 2.24) is 10.2 Å². The number of rotatable bonds is 6. The highest BCUT2D eigenvalue weighted by molar-refractivity contribution is 5.89. The van der Waals surface area contributed by atoms with Crippen LogP contribution in [0.5, 0.6) is 0 Å². The molecule has 0 saturated carbocycles. The van der Waals surface area contributed by atoms with Crippen molar-refractivity contribution in [2.75, 3.05) is 18.4 Å². The van der Waals surface area contributed by atoms with Crippen LogP contribution in [0.3, 0.4) is 0 Å². The third-order valence-electron chi connectivity index (χ3n) is 5.40. The van der Waals surface area contributed by atoms with Gasteiger partial charge in [-0.1, -0.05) is 62.4 Å². The van der Waals surface area contributed by atoms with Gasteiger partial charge in [0.25, 0.3) is 0 Å². The van der Waals surface area contributed by atoms with Crippen molar-refractivity contribution >= 4 is 17.6 Å². The minimum Gasteiger partial charge on any atom is -0.349 e. The number of hydrogen-bond donors (Lipinski definition) is 2. The lowest BCUT2D eigenvalue weighted by molar-refractivity contribution is -0.127. The van der Waals surface area contributed by atoms with E-state index in [1.807, 2.05) is 48.5 Å². The lowest BCUT2D eigenvalue weighted by Gasteiger charge is -2.32. The normalized spacial score (nSPS) is 15.8. The number of anilines is 1. The van der Waals surface area contributed by atoms with E-state index in [9.17, 15) is 9.59 Å². The van der Waals surface area contributed by atoms with Crippen LogP contribution in [-0.2, 0) is 4.79 Å². The number of para-hydroxylation sites is 1. The summed E-state index contributed by atoms with van der Waals surface area (Å²) in [6.45, 7) is 5.53. The van der Waals surface area contributed by atoms with Crippen LogP contribution in [0.15, 0.2) is 60.7 Å². The molecule has 0 radical (unpaired) electrons. The van der Waals surface area contributed by atoms with Crippen molar-refractivity contribution in [2.24, 2.45) is 11.8 Å². The van der Waals surface area contributed by atoms with E-state index < -0.39 is 0 Å². The summed E-state index contributed by atoms with van der Waals surface area (Å²) in [6, 6.07) is 19.5. The standard InChI is InChI=1S/C24H31N3O2/c1-18(2)17-22(19-9-5-3-6-10-19)26-23(28)20-13-15-27(16-14-20)24(29)25-21-11-7-4-8-12-21/h3-12,18,20,22H,13-17H2,1-2H3,(H,25,29)(H,26,28). The fourth-order valence-electron chi connectivity index (χ4n) is 3.79. The SMILES string of the molecule is CC(C)CC(NC(=O)C1CCN(C(=O)Nc2ccccc2)CC1)c1ccccc1. The Labute approximate surface area is 173 Å². The molecule has 0 aromatic heterocycles. The van der Waals surface area contributed by atoms with Crippen molar-refractivity contribution in [1.29, 1.82) is 0 Å². The Kier molecular flexibility index (Phi) is 7.28. The number of amides is 3. The van der Waals surface area contributed by atoms with E-state index in [1.54, 1.807) is 4.90 Å². The minimum atomic E-state index is -0.1000. The van der Waals surface area contributed by atoms with Gasteiger partial charge in [-0.05, 0) is 42.9 Å². The van der Waals surface area contributed by atoms with E-state index in [2.05, 4.69) is 36.6 Å². The summed E-state index contributed by atoms with van der Waals surface area (Å²) in [5.74, 6) is 0.542. The molecule has 0 bridgehead atoms. The van der Waals surface area contributed by atoms with Crippen molar-refractivity contribution in [3.8, 4) is 0 Å². The van der Waals surface area contributed by atoms with Crippen LogP contribution >= 0.6 is 0 Å². The minimum absolute atomic E-state index is 0.0307. The molecular formula is C24H31N3O2. The van der Waals surface area contributed by atoms with Gasteiger partial charge in [0.15, 0.2) is 0 Å². The summed E-state index contributed by atoms with van der Waals surface area (Å²) in [4.78, 5) is 27.1. The van der Waals surface area contributed by atoms with Gasteiger partial charge in [0, 0.05) is 24.7 Å². The highest BCUT2D eigenvalue weighted by Gasteiger charge is 2.29. The number of piperidine rings is 1. The monoisotopic (exact) mass is 393 g/mol. The topological polar surface area (TPSA) is 61.4 Å². The predicted octanol–water partition coefficient (Wildman–Crippen LogP) is 4.83. The highest BCUT2D eigenvalue weighted by atomic mass is 16.2. The molecule has 3 amide bonds. The number of likely N-dealkylation sites (tertiary alicyclic amines) is 1. The highest BCUT2D eigenvalue weighted by Crippen LogP contribution is 2.24. The molecule has 2 aromatic rings. The van der Waals surface area contributed by atoms with Crippen LogP contribution in [0.4, 0.5) is 10.5 Å². The molecule has 1 aliphatic rings. The lowest BCUT2D eigenvalue weighted by Crippen LogP contribution is -2.45. The fraction of sp³-hybridized carbons (Fsp3) is 0.417. The average molecular weight is 394 g/mol. The van der Waals surface area contributed by atoms with E-state index in [4.69, 9.17) is 0 Å². The number of carbonyl (C=O) groups is 2. The Bertz CT molecular complexity index is 784. The van der Waals surface area contributed by atoms with Crippen LogP contribution in [0, 0.1) is 11.8 Å². The average Bonchev–Trinajstić information content (AvgIpc) is 2.74. The Morgan fingerprint density at radius 2 is 1.55 bits per heavy atom. The summed E-state index contributed by atoms with van der Waals surface area (Å²) in [6.07, 6.45) is 2.29. The summed E-state index contributed by atoms with van der Waals surface area (Å²) in [7, 11) is 0. The Balaban J connectivity index is 1.52. The van der Waals surface area contributed by atoms with Gasteiger partial charge in [0.1, 0.15) is 0 Å². The smallest absolute Gasteiger partial charge is 0.321 e. The largest absolute Gasteiger partial charge is 0.349 e. The molecule has 1 saturated heterocycles. The predicted molar refractivity (Wildman–Crippen MR) is 117 cm³/mol. The van der Waals surface area contributed by atoms with Crippen LogP contribution in [0.2, 0.25) is 0 Å². The zero-order valence-electron chi connectivity index (χ0n) is 17.3. The molecule has 2 N–H and O–H groups in total. The van der Waals surface area contributed by atoms with Gasteiger partial charge >= 0.3 is 6.03 Å². The van der Waals surface area contributed by atoms with Crippen LogP contribution in [0.1, 0.15) is 44.7 Å². The first-order valence-electron chi connectivity index (χ1n) is 10.5. The van der Waals surface area contributed by atoms with Crippen molar-refractivity contribution in [3.63, 3.8) is 0 Å². The molecule has 0 spiro atoms. The number of hydrogen-bond acceptors (Lipinski definition) is 2. The molecule has 5 nitrogen and oxygen atoms in total. The van der Waals surface area contributed by atoms with Crippen LogP contribution in [0.25, 0.3) is 0 Å². The van der Waals surface area contributed by atoms with Crippen molar-refractivity contribution < 1.29 is 9.59 Å². The maximum atomic E-state index is 12.9. The molecule has 0 aliphatic carbocycles. The van der Waals surface area contributed by atoms with Gasteiger partial charge in [0.05, 0.1) is 6.04 Å². The first-order valence-corrected chi connectivity index (χ1v) is 10.5. The second kappa shape index (κ2) is 10.1. The van der Waals surface area contributed by atoms with Crippen molar-refractivity contribution in [2.45, 2.75) is 39.2 Å². The van der Waals surface area contributed by atoms with Crippen LogP contribution in [-0.4, -0.2) is 29.9 Å². The zero-order valence-corrected chi connectivity index (χ0v) is 17.3. The lowest BCUT2D eigenvalue weighted by atomic mass is 9.93. The summed E-state index contributed by atoms with van der Waals surface area (Å²) in [5.41, 5.74) is 1.94. The van der Waals surface area contributed by atoms with Gasteiger partial charge in [-0.2, -0.15) is 0 Å². The van der Waals surface area contributed by atoms with E-state index >= 15 is 0 Å². The molecule has 3 rings (SSSR count). The molecule has 5 heteroatoms. The molecule has 1 atom stereocenters. The van der Waals surface area contributed by atoms with Gasteiger partial charge in [-0.15, -0.1) is 0 Å². The summed E-state index contributed by atoms with van der Waals surface area (Å²) < 4.78 is 0. The summed E-state index contributed by atoms with van der Waals surface area (Å²) >= 11 is 0. The molecule has 1 aliphatic heterocycles. The van der Waals surface area contributed by atoms with E-state index in [-0.39, 0.29) is 23.9 Å². The first-order chi connectivity index (χ1) is 14.0. The number of nitrogens with zero attached hydrogens (tertiary/aromatic N) is 1. The van der Waals surface area contributed by atoms with Gasteiger partial charge in [0.2, 0.25) is 5.91 Å². The second-order valence-electron chi connectivity index (χ2n) is 8.16. The zero-order chi connectivity index (χ0) is 20.6. The van der Waals surface area contributed by atoms with E-state index in [0.29, 0.717) is 31.8 Å². The first kappa shape index (κ1) is 20.9. The molecular weight excluding hydrogens is 362 g/mol. The third kappa shape index (κ3) is 6.08. The molecule has 1 fully saturated rings. The fourth-order valence-corrected chi connectivity index (χ4v) is 3.79. The van der Waals surface area contributed by atoms with E-state index in [1.165, 1.54) is 0 Å².